The van der Waals surface area contributed by atoms with Crippen LogP contribution >= 0.6 is 35.3 Å². The van der Waals surface area contributed by atoms with Crippen LogP contribution in [0.2, 0.25) is 0 Å². The first-order valence-corrected chi connectivity index (χ1v) is 11.0. The Kier molecular flexibility index (Phi) is 11.0. The van der Waals surface area contributed by atoms with Crippen LogP contribution < -0.4 is 10.6 Å². The van der Waals surface area contributed by atoms with E-state index in [9.17, 15) is 0 Å². The quantitative estimate of drug-likeness (QED) is 0.296. The monoisotopic (exact) mass is 532 g/mol. The molecule has 162 valence electrons. The first-order valence-electron chi connectivity index (χ1n) is 10.1. The molecule has 0 amide bonds. The van der Waals surface area contributed by atoms with Gasteiger partial charge in [-0.2, -0.15) is 5.10 Å². The lowest BCUT2D eigenvalue weighted by molar-refractivity contribution is 0.0177. The second-order valence-corrected chi connectivity index (χ2v) is 8.09. The van der Waals surface area contributed by atoms with E-state index in [0.717, 1.165) is 58.4 Å². The molecule has 3 heterocycles. The van der Waals surface area contributed by atoms with Gasteiger partial charge < -0.3 is 15.4 Å². The SMILES string of the molecule is CCNC(=NCC(C)Cn1cccn1)NCC(c1cccs1)N1CCOCC1.I. The van der Waals surface area contributed by atoms with Crippen molar-refractivity contribution in [3.05, 3.63) is 40.8 Å². The van der Waals surface area contributed by atoms with Crippen molar-refractivity contribution in [1.29, 1.82) is 0 Å². The van der Waals surface area contributed by atoms with Gasteiger partial charge in [0.2, 0.25) is 0 Å². The molecule has 3 rings (SSSR count). The van der Waals surface area contributed by atoms with E-state index < -0.39 is 0 Å². The largest absolute Gasteiger partial charge is 0.379 e. The molecule has 0 bridgehead atoms. The van der Waals surface area contributed by atoms with Crippen molar-refractivity contribution in [2.45, 2.75) is 26.4 Å². The van der Waals surface area contributed by atoms with Gasteiger partial charge in [0.05, 0.1) is 19.3 Å². The number of ether oxygens (including phenoxy) is 1. The third-order valence-electron chi connectivity index (χ3n) is 4.78. The van der Waals surface area contributed by atoms with Crippen LogP contribution in [-0.4, -0.2) is 66.6 Å². The Morgan fingerprint density at radius 2 is 2.14 bits per heavy atom. The second kappa shape index (κ2) is 13.2. The number of rotatable bonds is 9. The van der Waals surface area contributed by atoms with Gasteiger partial charge >= 0.3 is 0 Å². The van der Waals surface area contributed by atoms with E-state index in [4.69, 9.17) is 9.73 Å². The molecule has 2 aromatic heterocycles. The minimum Gasteiger partial charge on any atom is -0.379 e. The molecule has 2 atom stereocenters. The molecule has 1 aliphatic heterocycles. The third-order valence-corrected chi connectivity index (χ3v) is 5.76. The summed E-state index contributed by atoms with van der Waals surface area (Å²) in [6.07, 6.45) is 3.82. The van der Waals surface area contributed by atoms with Crippen molar-refractivity contribution >= 4 is 41.3 Å². The first-order chi connectivity index (χ1) is 13.8. The van der Waals surface area contributed by atoms with Gasteiger partial charge in [0.1, 0.15) is 0 Å². The Morgan fingerprint density at radius 3 is 2.79 bits per heavy atom. The Morgan fingerprint density at radius 1 is 1.31 bits per heavy atom. The standard InChI is InChI=1S/C20H32N6OS.HI/c1-3-21-20(22-14-17(2)16-26-8-5-7-24-26)23-15-18(19-6-4-13-28-19)25-9-11-27-12-10-25;/h4-8,13,17-18H,3,9-12,14-16H2,1-2H3,(H2,21,22,23);1H. The minimum atomic E-state index is 0. The van der Waals surface area contributed by atoms with E-state index in [1.54, 1.807) is 0 Å². The molecule has 1 saturated heterocycles. The van der Waals surface area contributed by atoms with Crippen molar-refractivity contribution < 1.29 is 4.74 Å². The zero-order valence-corrected chi connectivity index (χ0v) is 20.4. The predicted octanol–water partition coefficient (Wildman–Crippen LogP) is 2.83. The molecule has 2 N–H and O–H groups in total. The maximum absolute atomic E-state index is 5.54. The number of halogens is 1. The summed E-state index contributed by atoms with van der Waals surface area (Å²) < 4.78 is 7.50. The van der Waals surface area contributed by atoms with E-state index in [-0.39, 0.29) is 24.0 Å². The third kappa shape index (κ3) is 7.88. The van der Waals surface area contributed by atoms with Crippen LogP contribution in [0.5, 0.6) is 0 Å². The van der Waals surface area contributed by atoms with Crippen molar-refractivity contribution in [2.75, 3.05) is 45.9 Å². The molecule has 0 spiro atoms. The van der Waals surface area contributed by atoms with Gasteiger partial charge in [-0.1, -0.05) is 13.0 Å². The summed E-state index contributed by atoms with van der Waals surface area (Å²) in [7, 11) is 0. The number of aliphatic imine (C=N–C) groups is 1. The Labute approximate surface area is 194 Å². The maximum atomic E-state index is 5.54. The fourth-order valence-corrected chi connectivity index (χ4v) is 4.21. The molecule has 2 aromatic rings. The lowest BCUT2D eigenvalue weighted by Crippen LogP contribution is -2.46. The van der Waals surface area contributed by atoms with Crippen molar-refractivity contribution in [1.82, 2.24) is 25.3 Å². The van der Waals surface area contributed by atoms with Crippen LogP contribution in [-0.2, 0) is 11.3 Å². The number of nitrogens with one attached hydrogen (secondary N) is 2. The van der Waals surface area contributed by atoms with Crippen molar-refractivity contribution in [3.8, 4) is 0 Å². The van der Waals surface area contributed by atoms with Crippen LogP contribution in [0, 0.1) is 5.92 Å². The molecular formula is C20H33IN6OS. The van der Waals surface area contributed by atoms with Gasteiger partial charge in [-0.05, 0) is 30.4 Å². The zero-order chi connectivity index (χ0) is 19.6. The molecule has 0 aliphatic carbocycles. The summed E-state index contributed by atoms with van der Waals surface area (Å²) in [5, 5.41) is 13.4. The normalized spacial score (nSPS) is 17.4. The topological polar surface area (TPSA) is 66.7 Å². The number of hydrogen-bond acceptors (Lipinski definition) is 5. The number of morpholine rings is 1. The van der Waals surface area contributed by atoms with Crippen LogP contribution in [0.3, 0.4) is 0 Å². The van der Waals surface area contributed by atoms with E-state index in [0.29, 0.717) is 12.0 Å². The number of guanidine groups is 1. The fourth-order valence-electron chi connectivity index (χ4n) is 3.35. The van der Waals surface area contributed by atoms with Gasteiger partial charge in [0.25, 0.3) is 0 Å². The Hall–Kier alpha value is -1.17. The fraction of sp³-hybridized carbons (Fsp3) is 0.600. The smallest absolute Gasteiger partial charge is 0.191 e. The summed E-state index contributed by atoms with van der Waals surface area (Å²) in [5.74, 6) is 1.30. The minimum absolute atomic E-state index is 0. The number of thiophene rings is 1. The van der Waals surface area contributed by atoms with Crippen LogP contribution in [0.25, 0.3) is 0 Å². The highest BCUT2D eigenvalue weighted by molar-refractivity contribution is 14.0. The zero-order valence-electron chi connectivity index (χ0n) is 17.3. The molecule has 29 heavy (non-hydrogen) atoms. The van der Waals surface area contributed by atoms with Gasteiger partial charge in [0.15, 0.2) is 5.96 Å². The van der Waals surface area contributed by atoms with Crippen LogP contribution in [0.4, 0.5) is 0 Å². The average molecular weight is 532 g/mol. The van der Waals surface area contributed by atoms with E-state index in [1.807, 2.05) is 34.5 Å². The number of nitrogens with zero attached hydrogens (tertiary/aromatic N) is 4. The predicted molar refractivity (Wildman–Crippen MR) is 130 cm³/mol. The highest BCUT2D eigenvalue weighted by Crippen LogP contribution is 2.25. The van der Waals surface area contributed by atoms with Crippen molar-refractivity contribution in [3.63, 3.8) is 0 Å². The van der Waals surface area contributed by atoms with Gasteiger partial charge in [-0.15, -0.1) is 35.3 Å². The Balaban J connectivity index is 0.00000300. The molecular weight excluding hydrogens is 499 g/mol. The van der Waals surface area contributed by atoms with E-state index in [1.165, 1.54) is 4.88 Å². The van der Waals surface area contributed by atoms with E-state index >= 15 is 0 Å². The van der Waals surface area contributed by atoms with E-state index in [2.05, 4.69) is 52.0 Å². The number of aromatic nitrogens is 2. The maximum Gasteiger partial charge on any atom is 0.191 e. The first kappa shape index (κ1) is 24.1. The lowest BCUT2D eigenvalue weighted by atomic mass is 10.2. The lowest BCUT2D eigenvalue weighted by Gasteiger charge is -2.34. The second-order valence-electron chi connectivity index (χ2n) is 7.11. The summed E-state index contributed by atoms with van der Waals surface area (Å²) in [6.45, 7) is 11.2. The summed E-state index contributed by atoms with van der Waals surface area (Å²) in [5.41, 5.74) is 0. The molecule has 0 aromatic carbocycles. The highest BCUT2D eigenvalue weighted by Gasteiger charge is 2.23. The van der Waals surface area contributed by atoms with Crippen LogP contribution in [0.1, 0.15) is 24.8 Å². The molecule has 0 saturated carbocycles. The summed E-state index contributed by atoms with van der Waals surface area (Å²) in [6, 6.07) is 6.65. The highest BCUT2D eigenvalue weighted by atomic mass is 127. The average Bonchev–Trinajstić information content (AvgIpc) is 3.41. The van der Waals surface area contributed by atoms with Gasteiger partial charge in [0, 0.05) is 56.5 Å². The molecule has 0 radical (unpaired) electrons. The van der Waals surface area contributed by atoms with Crippen molar-refractivity contribution in [2.24, 2.45) is 10.9 Å². The molecule has 7 nitrogen and oxygen atoms in total. The molecule has 1 aliphatic rings. The molecule has 1 fully saturated rings. The Bertz CT molecular complexity index is 688. The summed E-state index contributed by atoms with van der Waals surface area (Å²) >= 11 is 1.82. The summed E-state index contributed by atoms with van der Waals surface area (Å²) in [4.78, 5) is 8.70. The molecule has 9 heteroatoms. The molecule has 2 unspecified atom stereocenters. The van der Waals surface area contributed by atoms with Gasteiger partial charge in [-0.25, -0.2) is 0 Å². The van der Waals surface area contributed by atoms with Gasteiger partial charge in [-0.3, -0.25) is 14.6 Å². The van der Waals surface area contributed by atoms with Crippen LogP contribution in [0.15, 0.2) is 41.0 Å². The number of hydrogen-bond donors (Lipinski definition) is 2.